The number of anilines is 1. The van der Waals surface area contributed by atoms with Gasteiger partial charge in [0.1, 0.15) is 0 Å². The Kier molecular flexibility index (Phi) is 3.73. The Balaban J connectivity index is 1.71. The van der Waals surface area contributed by atoms with E-state index in [1.54, 1.807) is 24.4 Å². The minimum atomic E-state index is -1.02. The lowest BCUT2D eigenvalue weighted by atomic mass is 9.78. The number of pyridine rings is 1. The van der Waals surface area contributed by atoms with Crippen LogP contribution in [0.3, 0.4) is 0 Å². The normalized spacial score (nSPS) is 13.2. The molecular formula is C17H12BClN2O3. The molecule has 0 spiro atoms. The van der Waals surface area contributed by atoms with Crippen molar-refractivity contribution in [3.05, 3.63) is 64.8 Å². The molecule has 1 aliphatic heterocycles. The van der Waals surface area contributed by atoms with Crippen LogP contribution in [0.25, 0.3) is 10.9 Å². The van der Waals surface area contributed by atoms with Crippen LogP contribution in [-0.4, -0.2) is 23.0 Å². The summed E-state index contributed by atoms with van der Waals surface area (Å²) in [4.78, 5) is 16.9. The van der Waals surface area contributed by atoms with E-state index in [9.17, 15) is 9.82 Å². The topological polar surface area (TPSA) is 71.5 Å². The first-order valence-corrected chi connectivity index (χ1v) is 7.78. The van der Waals surface area contributed by atoms with Crippen LogP contribution in [0.4, 0.5) is 5.69 Å². The minimum Gasteiger partial charge on any atom is -0.423 e. The molecule has 5 nitrogen and oxygen atoms in total. The second-order valence-corrected chi connectivity index (χ2v) is 5.93. The Bertz CT molecular complexity index is 958. The Labute approximate surface area is 143 Å². The fourth-order valence-corrected chi connectivity index (χ4v) is 3.09. The second kappa shape index (κ2) is 5.90. The molecule has 0 fully saturated rings. The van der Waals surface area contributed by atoms with Gasteiger partial charge in [0.25, 0.3) is 5.91 Å². The fraction of sp³-hybridized carbons (Fsp3) is 0.0588. The van der Waals surface area contributed by atoms with Crippen molar-refractivity contribution in [3.63, 3.8) is 0 Å². The highest BCUT2D eigenvalue weighted by molar-refractivity contribution is 6.61. The van der Waals surface area contributed by atoms with Gasteiger partial charge in [-0.2, -0.15) is 0 Å². The van der Waals surface area contributed by atoms with E-state index < -0.39 is 7.12 Å². The molecule has 0 saturated carbocycles. The van der Waals surface area contributed by atoms with Crippen LogP contribution in [0.1, 0.15) is 15.9 Å². The van der Waals surface area contributed by atoms with Crippen LogP contribution in [0.2, 0.25) is 5.02 Å². The molecule has 1 amide bonds. The van der Waals surface area contributed by atoms with Gasteiger partial charge < -0.3 is 15.0 Å². The van der Waals surface area contributed by atoms with Crippen molar-refractivity contribution >= 4 is 46.7 Å². The summed E-state index contributed by atoms with van der Waals surface area (Å²) in [6.45, 7) is 0.285. The number of hydrogen-bond acceptors (Lipinski definition) is 4. The number of fused-ring (bicyclic) bond motifs is 2. The summed E-state index contributed by atoms with van der Waals surface area (Å²) in [7, 11) is -1.02. The van der Waals surface area contributed by atoms with Gasteiger partial charge in [-0.15, -0.1) is 0 Å². The van der Waals surface area contributed by atoms with E-state index in [0.29, 0.717) is 21.7 Å². The molecule has 7 heteroatoms. The third-order valence-corrected chi connectivity index (χ3v) is 4.34. The van der Waals surface area contributed by atoms with Gasteiger partial charge in [0.2, 0.25) is 0 Å². The zero-order valence-corrected chi connectivity index (χ0v) is 13.2. The Morgan fingerprint density at radius 3 is 3.04 bits per heavy atom. The highest BCUT2D eigenvalue weighted by Crippen LogP contribution is 2.25. The summed E-state index contributed by atoms with van der Waals surface area (Å²) in [5, 5.41) is 13.8. The number of hydrogen-bond donors (Lipinski definition) is 2. The van der Waals surface area contributed by atoms with E-state index in [1.165, 1.54) is 0 Å². The molecule has 118 valence electrons. The van der Waals surface area contributed by atoms with Crippen LogP contribution in [-0.2, 0) is 11.3 Å². The van der Waals surface area contributed by atoms with Crippen molar-refractivity contribution < 1.29 is 14.5 Å². The lowest BCUT2D eigenvalue weighted by Gasteiger charge is -2.11. The molecule has 2 aromatic carbocycles. The van der Waals surface area contributed by atoms with Gasteiger partial charge in [-0.05, 0) is 47.4 Å². The molecule has 1 aromatic heterocycles. The number of nitrogens with one attached hydrogen (secondary N) is 1. The molecular weight excluding hydrogens is 326 g/mol. The Hall–Kier alpha value is -2.41. The van der Waals surface area contributed by atoms with Crippen LogP contribution < -0.4 is 10.8 Å². The molecule has 0 bridgehead atoms. The maximum atomic E-state index is 12.6. The van der Waals surface area contributed by atoms with Crippen molar-refractivity contribution in [3.8, 4) is 0 Å². The first-order valence-electron chi connectivity index (χ1n) is 7.40. The Morgan fingerprint density at radius 2 is 2.17 bits per heavy atom. The second-order valence-electron chi connectivity index (χ2n) is 5.52. The standard InChI is InChI=1S/C17H12BClN2O3/c19-14-7-10-9-24-18(23)13(10)8-12(14)17(22)21-16-5-1-4-15-11(16)3-2-6-20-15/h1-8,23H,9H2,(H,21,22). The summed E-state index contributed by atoms with van der Waals surface area (Å²) in [5.41, 5.74) is 3.10. The molecule has 4 rings (SSSR count). The number of rotatable bonds is 2. The molecule has 0 atom stereocenters. The molecule has 0 radical (unpaired) electrons. The first-order chi connectivity index (χ1) is 11.6. The first kappa shape index (κ1) is 15.1. The van der Waals surface area contributed by atoms with Gasteiger partial charge in [-0.3, -0.25) is 9.78 Å². The fourth-order valence-electron chi connectivity index (χ4n) is 2.82. The van der Waals surface area contributed by atoms with E-state index in [4.69, 9.17) is 16.3 Å². The van der Waals surface area contributed by atoms with Crippen molar-refractivity contribution in [2.24, 2.45) is 0 Å². The number of carbonyl (C=O) groups excluding carboxylic acids is 1. The van der Waals surface area contributed by atoms with Crippen LogP contribution in [0.5, 0.6) is 0 Å². The lowest BCUT2D eigenvalue weighted by molar-refractivity contribution is 0.102. The molecule has 0 aliphatic carbocycles. The van der Waals surface area contributed by atoms with Crippen molar-refractivity contribution in [1.82, 2.24) is 4.98 Å². The largest absolute Gasteiger partial charge is 0.491 e. The summed E-state index contributed by atoms with van der Waals surface area (Å²) in [5.74, 6) is -0.349. The van der Waals surface area contributed by atoms with Gasteiger partial charge in [0.05, 0.1) is 28.4 Å². The lowest BCUT2D eigenvalue weighted by Crippen LogP contribution is -2.29. The van der Waals surface area contributed by atoms with Crippen molar-refractivity contribution in [2.45, 2.75) is 6.61 Å². The third kappa shape index (κ3) is 2.55. The van der Waals surface area contributed by atoms with E-state index in [2.05, 4.69) is 10.3 Å². The SMILES string of the molecule is O=C(Nc1cccc2ncccc12)c1cc2c(cc1Cl)COB2O. The van der Waals surface area contributed by atoms with Gasteiger partial charge >= 0.3 is 7.12 Å². The quantitative estimate of drug-likeness (QED) is 0.704. The molecule has 0 unspecified atom stereocenters. The number of aromatic nitrogens is 1. The van der Waals surface area contributed by atoms with Gasteiger partial charge in [0.15, 0.2) is 0 Å². The van der Waals surface area contributed by atoms with E-state index in [1.807, 2.05) is 24.3 Å². The summed E-state index contributed by atoms with van der Waals surface area (Å²) < 4.78 is 5.15. The molecule has 0 saturated heterocycles. The summed E-state index contributed by atoms with van der Waals surface area (Å²) >= 11 is 6.22. The number of benzene rings is 2. The van der Waals surface area contributed by atoms with Crippen LogP contribution >= 0.6 is 11.6 Å². The third-order valence-electron chi connectivity index (χ3n) is 4.03. The number of amides is 1. The molecule has 2 N–H and O–H groups in total. The smallest absolute Gasteiger partial charge is 0.423 e. The minimum absolute atomic E-state index is 0.285. The zero-order valence-electron chi connectivity index (χ0n) is 12.5. The average molecular weight is 339 g/mol. The number of carbonyl (C=O) groups is 1. The predicted octanol–water partition coefficient (Wildman–Crippen LogP) is 2.36. The van der Waals surface area contributed by atoms with E-state index >= 15 is 0 Å². The van der Waals surface area contributed by atoms with Crippen molar-refractivity contribution in [2.75, 3.05) is 5.32 Å². The molecule has 2 heterocycles. The van der Waals surface area contributed by atoms with Crippen LogP contribution in [0, 0.1) is 0 Å². The van der Waals surface area contributed by atoms with E-state index in [0.717, 1.165) is 16.5 Å². The predicted molar refractivity (Wildman–Crippen MR) is 93.5 cm³/mol. The molecule has 24 heavy (non-hydrogen) atoms. The monoisotopic (exact) mass is 338 g/mol. The number of nitrogens with zero attached hydrogens (tertiary/aromatic N) is 1. The summed E-state index contributed by atoms with van der Waals surface area (Å²) in [6, 6.07) is 12.4. The highest BCUT2D eigenvalue weighted by Gasteiger charge is 2.29. The van der Waals surface area contributed by atoms with Gasteiger partial charge in [-0.1, -0.05) is 17.7 Å². The van der Waals surface area contributed by atoms with E-state index in [-0.39, 0.29) is 12.5 Å². The highest BCUT2D eigenvalue weighted by atomic mass is 35.5. The Morgan fingerprint density at radius 1 is 1.29 bits per heavy atom. The van der Waals surface area contributed by atoms with Gasteiger partial charge in [0, 0.05) is 11.6 Å². The van der Waals surface area contributed by atoms with Gasteiger partial charge in [-0.25, -0.2) is 0 Å². The summed E-state index contributed by atoms with van der Waals surface area (Å²) in [6.07, 6.45) is 1.70. The molecule has 1 aliphatic rings. The van der Waals surface area contributed by atoms with Crippen molar-refractivity contribution in [1.29, 1.82) is 0 Å². The maximum absolute atomic E-state index is 12.6. The maximum Gasteiger partial charge on any atom is 0.491 e. The van der Waals surface area contributed by atoms with Crippen LogP contribution in [0.15, 0.2) is 48.7 Å². The number of halogens is 1. The molecule has 3 aromatic rings. The zero-order chi connectivity index (χ0) is 16.7. The average Bonchev–Trinajstić information content (AvgIpc) is 2.94.